The fraction of sp³-hybridized carbons (Fsp3) is 0.350. The summed E-state index contributed by atoms with van der Waals surface area (Å²) in [4.78, 5) is 14.4. The van der Waals surface area contributed by atoms with Gasteiger partial charge in [0, 0.05) is 26.1 Å². The number of hydrogen-bond acceptors (Lipinski definition) is 3. The van der Waals surface area contributed by atoms with Crippen molar-refractivity contribution < 1.29 is 27.1 Å². The van der Waals surface area contributed by atoms with Gasteiger partial charge in [0.2, 0.25) is 5.91 Å². The molecule has 158 valence electrons. The number of carbonyl (C=O) groups excluding carboxylic acids is 1. The van der Waals surface area contributed by atoms with Crippen molar-refractivity contribution in [2.45, 2.75) is 25.2 Å². The average molecular weight is 433 g/mol. The van der Waals surface area contributed by atoms with E-state index in [1.54, 1.807) is 23.1 Å². The van der Waals surface area contributed by atoms with Gasteiger partial charge in [0.15, 0.2) is 0 Å². The van der Waals surface area contributed by atoms with Gasteiger partial charge in [-0.05, 0) is 35.7 Å². The lowest BCUT2D eigenvalue weighted by molar-refractivity contribution is -0.274. The molecule has 1 aliphatic heterocycles. The largest absolute Gasteiger partial charge is 0.573 e. The van der Waals surface area contributed by atoms with Gasteiger partial charge in [-0.25, -0.2) is 4.39 Å². The van der Waals surface area contributed by atoms with Crippen molar-refractivity contribution in [1.82, 2.24) is 10.2 Å². The number of alkyl halides is 3. The second kappa shape index (κ2) is 9.93. The van der Waals surface area contributed by atoms with Crippen molar-refractivity contribution in [2.24, 2.45) is 0 Å². The van der Waals surface area contributed by atoms with Crippen molar-refractivity contribution in [3.63, 3.8) is 0 Å². The number of rotatable bonds is 5. The number of ether oxygens (including phenoxy) is 1. The van der Waals surface area contributed by atoms with Crippen LogP contribution < -0.4 is 10.1 Å². The van der Waals surface area contributed by atoms with Gasteiger partial charge in [0.25, 0.3) is 0 Å². The third-order valence-electron chi connectivity index (χ3n) is 4.60. The molecule has 0 aliphatic carbocycles. The van der Waals surface area contributed by atoms with Gasteiger partial charge in [-0.15, -0.1) is 25.6 Å². The lowest BCUT2D eigenvalue weighted by Gasteiger charge is -2.36. The minimum atomic E-state index is -4.79. The second-order valence-electron chi connectivity index (χ2n) is 6.52. The highest BCUT2D eigenvalue weighted by atomic mass is 35.5. The summed E-state index contributed by atoms with van der Waals surface area (Å²) in [5.41, 5.74) is 0.993. The van der Waals surface area contributed by atoms with E-state index in [9.17, 15) is 22.4 Å². The second-order valence-corrected chi connectivity index (χ2v) is 6.52. The molecule has 1 amide bonds. The number of piperazine rings is 1. The number of nitrogens with zero attached hydrogens (tertiary/aromatic N) is 1. The van der Waals surface area contributed by atoms with Crippen LogP contribution in [0.4, 0.5) is 17.6 Å². The molecule has 1 heterocycles. The molecule has 29 heavy (non-hydrogen) atoms. The first kappa shape index (κ1) is 23.0. The number of hydrogen-bond donors (Lipinski definition) is 1. The van der Waals surface area contributed by atoms with Gasteiger partial charge >= 0.3 is 6.36 Å². The highest BCUT2D eigenvalue weighted by molar-refractivity contribution is 5.85. The number of para-hydroxylation sites is 1. The van der Waals surface area contributed by atoms with Gasteiger partial charge in [-0.2, -0.15) is 0 Å². The van der Waals surface area contributed by atoms with E-state index in [0.29, 0.717) is 30.8 Å². The minimum Gasteiger partial charge on any atom is -0.406 e. The fourth-order valence-electron chi connectivity index (χ4n) is 3.33. The van der Waals surface area contributed by atoms with Crippen molar-refractivity contribution in [3.05, 3.63) is 65.5 Å². The summed E-state index contributed by atoms with van der Waals surface area (Å²) >= 11 is 0. The van der Waals surface area contributed by atoms with E-state index in [1.807, 2.05) is 0 Å². The lowest BCUT2D eigenvalue weighted by atomic mass is 10.0. The zero-order valence-corrected chi connectivity index (χ0v) is 16.2. The number of carbonyl (C=O) groups is 1. The molecular formula is C20H21ClF4N2O2. The Balaban J connectivity index is 0.00000300. The summed E-state index contributed by atoms with van der Waals surface area (Å²) in [7, 11) is 0. The van der Waals surface area contributed by atoms with E-state index in [4.69, 9.17) is 0 Å². The molecule has 4 nitrogen and oxygen atoms in total. The Kier molecular flexibility index (Phi) is 7.87. The maximum atomic E-state index is 13.6. The molecule has 2 aromatic carbocycles. The van der Waals surface area contributed by atoms with Crippen LogP contribution in [0.2, 0.25) is 0 Å². The number of halogens is 5. The number of nitrogens with one attached hydrogen (secondary N) is 1. The molecule has 2 aromatic rings. The Hall–Kier alpha value is -2.32. The van der Waals surface area contributed by atoms with Gasteiger partial charge in [-0.1, -0.05) is 30.3 Å². The Labute approximate surface area is 172 Å². The molecule has 0 radical (unpaired) electrons. The lowest BCUT2D eigenvalue weighted by Crippen LogP contribution is -2.48. The summed E-state index contributed by atoms with van der Waals surface area (Å²) in [6.45, 7) is 1.54. The van der Waals surface area contributed by atoms with Crippen molar-refractivity contribution >= 4 is 18.3 Å². The molecule has 1 unspecified atom stereocenters. The van der Waals surface area contributed by atoms with Crippen LogP contribution in [-0.4, -0.2) is 36.8 Å². The molecule has 9 heteroatoms. The molecule has 0 spiro atoms. The van der Waals surface area contributed by atoms with E-state index in [2.05, 4.69) is 10.1 Å². The number of amides is 1. The van der Waals surface area contributed by atoms with Crippen LogP contribution in [-0.2, 0) is 11.2 Å². The SMILES string of the molecule is Cl.O=C(CCc1ccccc1OC(F)(F)F)N1CCNCC1c1cccc(F)c1. The van der Waals surface area contributed by atoms with Crippen LogP contribution in [0.3, 0.4) is 0 Å². The van der Waals surface area contributed by atoms with E-state index >= 15 is 0 Å². The zero-order valence-electron chi connectivity index (χ0n) is 15.4. The van der Waals surface area contributed by atoms with Crippen LogP contribution in [0.1, 0.15) is 23.6 Å². The standard InChI is InChI=1S/C20H20F4N2O2.ClH/c21-16-6-3-5-15(12-16)17-13-25-10-11-26(17)19(27)9-8-14-4-1-2-7-18(14)28-20(22,23)24;/h1-7,12,17,25H,8-11,13H2;1H. The third kappa shape index (κ3) is 6.33. The summed E-state index contributed by atoms with van der Waals surface area (Å²) in [5.74, 6) is -0.879. The number of benzene rings is 2. The first-order chi connectivity index (χ1) is 13.3. The van der Waals surface area contributed by atoms with Crippen LogP contribution in [0, 0.1) is 5.82 Å². The molecule has 3 rings (SSSR count). The Bertz CT molecular complexity index is 832. The molecular weight excluding hydrogens is 412 g/mol. The quantitative estimate of drug-likeness (QED) is 0.718. The predicted octanol–water partition coefficient (Wildman–Crippen LogP) is 4.25. The highest BCUT2D eigenvalue weighted by Gasteiger charge is 2.32. The maximum Gasteiger partial charge on any atom is 0.573 e. The van der Waals surface area contributed by atoms with Crippen molar-refractivity contribution in [2.75, 3.05) is 19.6 Å². The van der Waals surface area contributed by atoms with Gasteiger partial charge < -0.3 is 15.0 Å². The summed E-state index contributed by atoms with van der Waals surface area (Å²) in [6, 6.07) is 11.5. The van der Waals surface area contributed by atoms with Crippen molar-refractivity contribution in [1.29, 1.82) is 0 Å². The van der Waals surface area contributed by atoms with Gasteiger partial charge in [0.1, 0.15) is 11.6 Å². The van der Waals surface area contributed by atoms with Crippen molar-refractivity contribution in [3.8, 4) is 5.75 Å². The van der Waals surface area contributed by atoms with Crippen LogP contribution in [0.5, 0.6) is 5.75 Å². The monoisotopic (exact) mass is 432 g/mol. The molecule has 1 atom stereocenters. The Morgan fingerprint density at radius 3 is 2.66 bits per heavy atom. The first-order valence-electron chi connectivity index (χ1n) is 8.93. The summed E-state index contributed by atoms with van der Waals surface area (Å²) < 4.78 is 55.3. The molecule has 1 fully saturated rings. The molecule has 1 saturated heterocycles. The Morgan fingerprint density at radius 2 is 1.93 bits per heavy atom. The normalized spacial score (nSPS) is 16.8. The van der Waals surface area contributed by atoms with E-state index in [0.717, 1.165) is 0 Å². The topological polar surface area (TPSA) is 41.6 Å². The van der Waals surface area contributed by atoms with E-state index < -0.39 is 6.36 Å². The van der Waals surface area contributed by atoms with Crippen LogP contribution >= 0.6 is 12.4 Å². The van der Waals surface area contributed by atoms with E-state index in [-0.39, 0.29) is 48.8 Å². The first-order valence-corrected chi connectivity index (χ1v) is 8.93. The smallest absolute Gasteiger partial charge is 0.406 e. The maximum absolute atomic E-state index is 13.6. The summed E-state index contributed by atoms with van der Waals surface area (Å²) in [5, 5.41) is 3.18. The predicted molar refractivity (Wildman–Crippen MR) is 102 cm³/mol. The van der Waals surface area contributed by atoms with Gasteiger partial charge in [-0.3, -0.25) is 4.79 Å². The van der Waals surface area contributed by atoms with E-state index in [1.165, 1.54) is 30.3 Å². The summed E-state index contributed by atoms with van der Waals surface area (Å²) in [6.07, 6.45) is -4.64. The number of aryl methyl sites for hydroxylation is 1. The Morgan fingerprint density at radius 1 is 1.17 bits per heavy atom. The van der Waals surface area contributed by atoms with Gasteiger partial charge in [0.05, 0.1) is 6.04 Å². The molecule has 0 saturated carbocycles. The zero-order chi connectivity index (χ0) is 20.1. The molecule has 0 bridgehead atoms. The third-order valence-corrected chi connectivity index (χ3v) is 4.60. The highest BCUT2D eigenvalue weighted by Crippen LogP contribution is 2.28. The van der Waals surface area contributed by atoms with Crippen LogP contribution in [0.25, 0.3) is 0 Å². The fourth-order valence-corrected chi connectivity index (χ4v) is 3.33. The average Bonchev–Trinajstić information content (AvgIpc) is 2.66. The minimum absolute atomic E-state index is 0. The molecule has 1 N–H and O–H groups in total. The molecule has 1 aliphatic rings. The molecule has 0 aromatic heterocycles. The van der Waals surface area contributed by atoms with Crippen LogP contribution in [0.15, 0.2) is 48.5 Å².